The summed E-state index contributed by atoms with van der Waals surface area (Å²) < 4.78 is 4.74. The molecular weight excluding hydrogens is 268 g/mol. The van der Waals surface area contributed by atoms with E-state index in [0.29, 0.717) is 13.1 Å². The normalized spacial score (nSPS) is 18.5. The van der Waals surface area contributed by atoms with Crippen molar-refractivity contribution < 1.29 is 14.3 Å². The summed E-state index contributed by atoms with van der Waals surface area (Å²) in [5.41, 5.74) is 3.17. The number of likely N-dealkylation sites (tertiary alicyclic amines) is 1. The maximum Gasteiger partial charge on any atom is 0.310 e. The SMILES string of the molecule is COC(=O)C1CCN(CC(=O)Nc2ccc(C)c(C)c2)C1. The standard InChI is InChI=1S/C16H22N2O3/c1-11-4-5-14(8-12(11)2)17-15(19)10-18-7-6-13(9-18)16(20)21-3/h4-5,8,13H,6-7,9-10H2,1-3H3,(H,17,19). The smallest absolute Gasteiger partial charge is 0.310 e. The van der Waals surface area contributed by atoms with Crippen LogP contribution in [0.5, 0.6) is 0 Å². The van der Waals surface area contributed by atoms with E-state index in [1.807, 2.05) is 36.9 Å². The highest BCUT2D eigenvalue weighted by Crippen LogP contribution is 2.18. The van der Waals surface area contributed by atoms with E-state index in [1.165, 1.54) is 12.7 Å². The van der Waals surface area contributed by atoms with Crippen LogP contribution in [0.1, 0.15) is 17.5 Å². The number of amides is 1. The van der Waals surface area contributed by atoms with E-state index in [1.54, 1.807) is 0 Å². The number of ether oxygens (including phenoxy) is 1. The van der Waals surface area contributed by atoms with Crippen LogP contribution < -0.4 is 5.32 Å². The highest BCUT2D eigenvalue weighted by Gasteiger charge is 2.29. The molecule has 1 aliphatic heterocycles. The number of hydrogen-bond donors (Lipinski definition) is 1. The van der Waals surface area contributed by atoms with Crippen LogP contribution in [0.3, 0.4) is 0 Å². The van der Waals surface area contributed by atoms with E-state index in [-0.39, 0.29) is 17.8 Å². The zero-order chi connectivity index (χ0) is 15.4. The van der Waals surface area contributed by atoms with Crippen LogP contribution >= 0.6 is 0 Å². The first-order valence-electron chi connectivity index (χ1n) is 7.17. The number of anilines is 1. The van der Waals surface area contributed by atoms with Crippen LogP contribution in [0.2, 0.25) is 0 Å². The Balaban J connectivity index is 1.85. The third kappa shape index (κ3) is 4.04. The number of carbonyl (C=O) groups is 2. The summed E-state index contributed by atoms with van der Waals surface area (Å²) in [6.07, 6.45) is 0.754. The first-order chi connectivity index (χ1) is 9.99. The Morgan fingerprint density at radius 1 is 1.33 bits per heavy atom. The molecule has 1 heterocycles. The fourth-order valence-electron chi connectivity index (χ4n) is 2.56. The van der Waals surface area contributed by atoms with E-state index >= 15 is 0 Å². The molecule has 1 aromatic rings. The maximum atomic E-state index is 12.0. The van der Waals surface area contributed by atoms with Gasteiger partial charge >= 0.3 is 5.97 Å². The molecule has 0 aromatic heterocycles. The van der Waals surface area contributed by atoms with Crippen LogP contribution in [-0.4, -0.2) is 43.5 Å². The number of carbonyl (C=O) groups excluding carboxylic acids is 2. The van der Waals surface area contributed by atoms with Crippen molar-refractivity contribution in [2.75, 3.05) is 32.1 Å². The molecular formula is C16H22N2O3. The van der Waals surface area contributed by atoms with Gasteiger partial charge in [-0.05, 0) is 50.1 Å². The summed E-state index contributed by atoms with van der Waals surface area (Å²) >= 11 is 0. The van der Waals surface area contributed by atoms with E-state index in [4.69, 9.17) is 4.74 Å². The second-order valence-electron chi connectivity index (χ2n) is 5.59. The van der Waals surface area contributed by atoms with Gasteiger partial charge in [0.25, 0.3) is 0 Å². The Labute approximate surface area is 125 Å². The van der Waals surface area contributed by atoms with E-state index in [9.17, 15) is 9.59 Å². The van der Waals surface area contributed by atoms with Gasteiger partial charge in [0.05, 0.1) is 19.6 Å². The summed E-state index contributed by atoms with van der Waals surface area (Å²) in [7, 11) is 1.40. The molecule has 0 spiro atoms. The predicted molar refractivity (Wildman–Crippen MR) is 81.1 cm³/mol. The van der Waals surface area contributed by atoms with Gasteiger partial charge in [0.2, 0.25) is 5.91 Å². The quantitative estimate of drug-likeness (QED) is 0.858. The van der Waals surface area contributed by atoms with E-state index in [0.717, 1.165) is 24.2 Å². The second-order valence-corrected chi connectivity index (χ2v) is 5.59. The van der Waals surface area contributed by atoms with Gasteiger partial charge < -0.3 is 10.1 Å². The number of benzene rings is 1. The maximum absolute atomic E-state index is 12.0. The Morgan fingerprint density at radius 3 is 2.76 bits per heavy atom. The molecule has 1 fully saturated rings. The van der Waals surface area contributed by atoms with Crippen molar-refractivity contribution in [3.63, 3.8) is 0 Å². The van der Waals surface area contributed by atoms with Gasteiger partial charge in [-0.3, -0.25) is 14.5 Å². The first-order valence-corrected chi connectivity index (χ1v) is 7.17. The molecule has 0 saturated carbocycles. The Hall–Kier alpha value is -1.88. The molecule has 1 saturated heterocycles. The molecule has 1 aliphatic rings. The number of nitrogens with one attached hydrogen (secondary N) is 1. The Bertz CT molecular complexity index is 542. The Morgan fingerprint density at radius 2 is 2.10 bits per heavy atom. The minimum absolute atomic E-state index is 0.0521. The summed E-state index contributed by atoms with van der Waals surface area (Å²) in [6, 6.07) is 5.87. The molecule has 1 atom stereocenters. The van der Waals surface area contributed by atoms with Crippen LogP contribution in [0.25, 0.3) is 0 Å². The fourth-order valence-corrected chi connectivity index (χ4v) is 2.56. The van der Waals surface area contributed by atoms with Crippen molar-refractivity contribution >= 4 is 17.6 Å². The van der Waals surface area contributed by atoms with Crippen LogP contribution in [0.15, 0.2) is 18.2 Å². The van der Waals surface area contributed by atoms with Gasteiger partial charge in [-0.15, -0.1) is 0 Å². The highest BCUT2D eigenvalue weighted by atomic mass is 16.5. The van der Waals surface area contributed by atoms with Crippen molar-refractivity contribution in [3.05, 3.63) is 29.3 Å². The van der Waals surface area contributed by atoms with Gasteiger partial charge in [0.15, 0.2) is 0 Å². The number of rotatable bonds is 4. The zero-order valence-corrected chi connectivity index (χ0v) is 12.8. The Kier molecular flexibility index (Phi) is 4.96. The number of hydrogen-bond acceptors (Lipinski definition) is 4. The van der Waals surface area contributed by atoms with Gasteiger partial charge in [-0.2, -0.15) is 0 Å². The lowest BCUT2D eigenvalue weighted by molar-refractivity contribution is -0.145. The van der Waals surface area contributed by atoms with Crippen molar-refractivity contribution in [3.8, 4) is 0 Å². The summed E-state index contributed by atoms with van der Waals surface area (Å²) in [5, 5.41) is 2.90. The van der Waals surface area contributed by atoms with E-state index < -0.39 is 0 Å². The molecule has 21 heavy (non-hydrogen) atoms. The molecule has 0 radical (unpaired) electrons. The molecule has 1 N–H and O–H groups in total. The minimum Gasteiger partial charge on any atom is -0.469 e. The van der Waals surface area contributed by atoms with Crippen LogP contribution in [0.4, 0.5) is 5.69 Å². The van der Waals surface area contributed by atoms with Gasteiger partial charge in [0, 0.05) is 12.2 Å². The predicted octanol–water partition coefficient (Wildman–Crippen LogP) is 1.74. The van der Waals surface area contributed by atoms with E-state index in [2.05, 4.69) is 5.32 Å². The number of methoxy groups -OCH3 is 1. The van der Waals surface area contributed by atoms with Crippen LogP contribution in [-0.2, 0) is 14.3 Å². The monoisotopic (exact) mass is 290 g/mol. The molecule has 5 heteroatoms. The minimum atomic E-state index is -0.188. The van der Waals surface area contributed by atoms with Gasteiger partial charge in [-0.1, -0.05) is 6.07 Å². The third-order valence-electron chi connectivity index (χ3n) is 3.96. The largest absolute Gasteiger partial charge is 0.469 e. The first kappa shape index (κ1) is 15.5. The number of aryl methyl sites for hydroxylation is 2. The highest BCUT2D eigenvalue weighted by molar-refractivity contribution is 5.92. The van der Waals surface area contributed by atoms with Crippen molar-refractivity contribution in [1.82, 2.24) is 4.90 Å². The zero-order valence-electron chi connectivity index (χ0n) is 12.8. The van der Waals surface area contributed by atoms with Gasteiger partial charge in [-0.25, -0.2) is 0 Å². The molecule has 2 rings (SSSR count). The van der Waals surface area contributed by atoms with Crippen molar-refractivity contribution in [1.29, 1.82) is 0 Å². The molecule has 1 amide bonds. The molecule has 5 nitrogen and oxygen atoms in total. The molecule has 0 aliphatic carbocycles. The molecule has 1 unspecified atom stereocenters. The molecule has 0 bridgehead atoms. The summed E-state index contributed by atoms with van der Waals surface area (Å²) in [5.74, 6) is -0.347. The average Bonchev–Trinajstić information content (AvgIpc) is 2.90. The lowest BCUT2D eigenvalue weighted by Crippen LogP contribution is -2.32. The molecule has 114 valence electrons. The summed E-state index contributed by atoms with van der Waals surface area (Å²) in [6.45, 7) is 5.71. The third-order valence-corrected chi connectivity index (χ3v) is 3.96. The number of esters is 1. The van der Waals surface area contributed by atoms with Crippen molar-refractivity contribution in [2.24, 2.45) is 5.92 Å². The molecule has 1 aromatic carbocycles. The second kappa shape index (κ2) is 6.72. The van der Waals surface area contributed by atoms with Crippen LogP contribution in [0, 0.1) is 19.8 Å². The topological polar surface area (TPSA) is 58.6 Å². The van der Waals surface area contributed by atoms with Crippen molar-refractivity contribution in [2.45, 2.75) is 20.3 Å². The lowest BCUT2D eigenvalue weighted by atomic mass is 10.1. The van der Waals surface area contributed by atoms with Gasteiger partial charge in [0.1, 0.15) is 0 Å². The fraction of sp³-hybridized carbons (Fsp3) is 0.500. The average molecular weight is 290 g/mol. The lowest BCUT2D eigenvalue weighted by Gasteiger charge is -2.15. The number of nitrogens with zero attached hydrogens (tertiary/aromatic N) is 1. The summed E-state index contributed by atoms with van der Waals surface area (Å²) in [4.78, 5) is 25.5.